The Hall–Kier alpha value is -2.80. The largest absolute Gasteiger partial charge is 0.496 e. The van der Waals surface area contributed by atoms with Gasteiger partial charge in [-0.25, -0.2) is 9.98 Å². The maximum Gasteiger partial charge on any atom is 0.191 e. The molecule has 2 heterocycles. The molecule has 29 heavy (non-hydrogen) atoms. The smallest absolute Gasteiger partial charge is 0.191 e. The Balaban J connectivity index is 1.67. The van der Waals surface area contributed by atoms with Crippen LogP contribution in [0.25, 0.3) is 0 Å². The molecular weight excluding hydrogens is 364 g/mol. The molecule has 1 aromatic carbocycles. The van der Waals surface area contributed by atoms with Crippen molar-refractivity contribution in [1.82, 2.24) is 20.5 Å². The predicted octanol–water partition coefficient (Wildman–Crippen LogP) is 2.10. The summed E-state index contributed by atoms with van der Waals surface area (Å²) >= 11 is 0. The van der Waals surface area contributed by atoms with Crippen molar-refractivity contribution >= 4 is 11.8 Å². The molecule has 0 bridgehead atoms. The minimum atomic E-state index is 0.553. The fraction of sp³-hybridized carbons (Fsp3) is 0.455. The van der Waals surface area contributed by atoms with E-state index in [1.54, 1.807) is 7.11 Å². The number of aromatic nitrogens is 1. The number of anilines is 1. The van der Waals surface area contributed by atoms with Crippen LogP contribution in [-0.2, 0) is 13.1 Å². The van der Waals surface area contributed by atoms with Crippen LogP contribution in [0.15, 0.2) is 47.6 Å². The van der Waals surface area contributed by atoms with Crippen LogP contribution in [0.4, 0.5) is 5.82 Å². The summed E-state index contributed by atoms with van der Waals surface area (Å²) in [6.45, 7) is 8.23. The molecule has 0 spiro atoms. The van der Waals surface area contributed by atoms with Gasteiger partial charge in [0.1, 0.15) is 11.6 Å². The van der Waals surface area contributed by atoms with Crippen LogP contribution >= 0.6 is 0 Å². The zero-order chi connectivity index (χ0) is 20.5. The fourth-order valence-electron chi connectivity index (χ4n) is 3.39. The number of ether oxygens (including phenoxy) is 1. The number of para-hydroxylation sites is 1. The number of aliphatic imine (C=N–C) groups is 1. The van der Waals surface area contributed by atoms with E-state index in [2.05, 4.69) is 45.5 Å². The van der Waals surface area contributed by atoms with Crippen LogP contribution in [0.5, 0.6) is 5.75 Å². The second-order valence-corrected chi connectivity index (χ2v) is 7.14. The van der Waals surface area contributed by atoms with Gasteiger partial charge in [-0.1, -0.05) is 24.3 Å². The first-order chi connectivity index (χ1) is 14.2. The van der Waals surface area contributed by atoms with Crippen LogP contribution in [0, 0.1) is 0 Å². The predicted molar refractivity (Wildman–Crippen MR) is 119 cm³/mol. The number of guanidine groups is 1. The minimum Gasteiger partial charge on any atom is -0.496 e. The number of hydrogen-bond donors (Lipinski definition) is 2. The summed E-state index contributed by atoms with van der Waals surface area (Å²) < 4.78 is 5.43. The maximum absolute atomic E-state index is 5.43. The van der Waals surface area contributed by atoms with Gasteiger partial charge in [0, 0.05) is 56.6 Å². The Bertz CT molecular complexity index is 801. The average Bonchev–Trinajstić information content (AvgIpc) is 2.76. The van der Waals surface area contributed by atoms with Crippen LogP contribution in [-0.4, -0.2) is 62.7 Å². The van der Waals surface area contributed by atoms with Crippen molar-refractivity contribution in [3.63, 3.8) is 0 Å². The van der Waals surface area contributed by atoms with Gasteiger partial charge in [0.15, 0.2) is 5.96 Å². The maximum atomic E-state index is 5.43. The molecule has 2 aromatic rings. The topological polar surface area (TPSA) is 65.0 Å². The van der Waals surface area contributed by atoms with E-state index in [4.69, 9.17) is 9.73 Å². The monoisotopic (exact) mass is 396 g/mol. The number of methoxy groups -OCH3 is 1. The first kappa shape index (κ1) is 20.9. The van der Waals surface area contributed by atoms with Gasteiger partial charge in [-0.2, -0.15) is 0 Å². The quantitative estimate of drug-likeness (QED) is 0.552. The van der Waals surface area contributed by atoms with E-state index >= 15 is 0 Å². The number of nitrogens with zero attached hydrogens (tertiary/aromatic N) is 4. The van der Waals surface area contributed by atoms with Gasteiger partial charge < -0.3 is 25.2 Å². The molecule has 1 fully saturated rings. The van der Waals surface area contributed by atoms with E-state index in [1.807, 2.05) is 36.5 Å². The summed E-state index contributed by atoms with van der Waals surface area (Å²) in [4.78, 5) is 14.1. The fourth-order valence-corrected chi connectivity index (χ4v) is 3.39. The highest BCUT2D eigenvalue weighted by molar-refractivity contribution is 5.80. The van der Waals surface area contributed by atoms with Gasteiger partial charge in [-0.05, 0) is 26.1 Å². The SMILES string of the molecule is CCNC(=NCc1ccccc1OC)NCc1cccnc1N1CCN(C)CC1. The summed E-state index contributed by atoms with van der Waals surface area (Å²) in [6.07, 6.45) is 1.87. The lowest BCUT2D eigenvalue weighted by Gasteiger charge is -2.34. The van der Waals surface area contributed by atoms with Gasteiger partial charge >= 0.3 is 0 Å². The molecule has 0 amide bonds. The molecule has 7 heteroatoms. The molecule has 2 N–H and O–H groups in total. The van der Waals surface area contributed by atoms with Gasteiger partial charge in [0.2, 0.25) is 0 Å². The third-order valence-electron chi connectivity index (χ3n) is 5.06. The van der Waals surface area contributed by atoms with Gasteiger partial charge in [-0.3, -0.25) is 0 Å². The Morgan fingerprint density at radius 1 is 1.07 bits per heavy atom. The zero-order valence-corrected chi connectivity index (χ0v) is 17.7. The van der Waals surface area contributed by atoms with Crippen molar-refractivity contribution in [1.29, 1.82) is 0 Å². The second kappa shape index (κ2) is 10.7. The highest BCUT2D eigenvalue weighted by Crippen LogP contribution is 2.19. The first-order valence-corrected chi connectivity index (χ1v) is 10.2. The van der Waals surface area contributed by atoms with Crippen molar-refractivity contribution in [2.24, 2.45) is 4.99 Å². The van der Waals surface area contributed by atoms with Crippen molar-refractivity contribution in [3.8, 4) is 5.75 Å². The summed E-state index contributed by atoms with van der Waals surface area (Å²) in [5.74, 6) is 2.71. The lowest BCUT2D eigenvalue weighted by molar-refractivity contribution is 0.312. The summed E-state index contributed by atoms with van der Waals surface area (Å²) in [5.41, 5.74) is 2.24. The van der Waals surface area contributed by atoms with E-state index in [0.717, 1.165) is 55.8 Å². The molecule has 7 nitrogen and oxygen atoms in total. The molecule has 0 unspecified atom stereocenters. The Morgan fingerprint density at radius 3 is 2.59 bits per heavy atom. The Morgan fingerprint density at radius 2 is 1.83 bits per heavy atom. The lowest BCUT2D eigenvalue weighted by Crippen LogP contribution is -2.45. The second-order valence-electron chi connectivity index (χ2n) is 7.14. The molecule has 156 valence electrons. The molecule has 1 aliphatic rings. The molecule has 1 saturated heterocycles. The first-order valence-electron chi connectivity index (χ1n) is 10.2. The Kier molecular flexibility index (Phi) is 7.69. The molecule has 0 radical (unpaired) electrons. The third kappa shape index (κ3) is 5.84. The summed E-state index contributed by atoms with van der Waals surface area (Å²) in [7, 11) is 3.85. The zero-order valence-electron chi connectivity index (χ0n) is 17.7. The molecule has 1 aromatic heterocycles. The standard InChI is InChI=1S/C22H32N6O/c1-4-23-22(25-16-18-8-5-6-10-20(18)29-3)26-17-19-9-7-11-24-21(19)28-14-12-27(2)13-15-28/h5-11H,4,12-17H2,1-3H3,(H2,23,25,26). The number of nitrogens with one attached hydrogen (secondary N) is 2. The Labute approximate surface area is 173 Å². The van der Waals surface area contributed by atoms with Crippen molar-refractivity contribution < 1.29 is 4.74 Å². The van der Waals surface area contributed by atoms with Gasteiger partial charge in [0.05, 0.1) is 13.7 Å². The minimum absolute atomic E-state index is 0.553. The van der Waals surface area contributed by atoms with E-state index in [9.17, 15) is 0 Å². The number of piperazine rings is 1. The molecule has 1 aliphatic heterocycles. The number of hydrogen-bond acceptors (Lipinski definition) is 5. The van der Waals surface area contributed by atoms with E-state index in [1.165, 1.54) is 5.56 Å². The number of rotatable bonds is 7. The van der Waals surface area contributed by atoms with Crippen molar-refractivity contribution in [2.75, 3.05) is 51.8 Å². The van der Waals surface area contributed by atoms with Crippen LogP contribution in [0.1, 0.15) is 18.1 Å². The van der Waals surface area contributed by atoms with Crippen molar-refractivity contribution in [3.05, 3.63) is 53.7 Å². The normalized spacial score (nSPS) is 15.3. The summed E-state index contributed by atoms with van der Waals surface area (Å²) in [5, 5.41) is 6.78. The lowest BCUT2D eigenvalue weighted by atomic mass is 10.2. The summed E-state index contributed by atoms with van der Waals surface area (Å²) in [6, 6.07) is 12.1. The number of benzene rings is 1. The van der Waals surface area contributed by atoms with Crippen molar-refractivity contribution in [2.45, 2.75) is 20.0 Å². The third-order valence-corrected chi connectivity index (χ3v) is 5.06. The van der Waals surface area contributed by atoms with Gasteiger partial charge in [0.25, 0.3) is 0 Å². The number of likely N-dealkylation sites (N-methyl/N-ethyl adjacent to an activating group) is 1. The molecule has 0 atom stereocenters. The molecule has 3 rings (SSSR count). The van der Waals surface area contributed by atoms with Crippen LogP contribution in [0.2, 0.25) is 0 Å². The highest BCUT2D eigenvalue weighted by atomic mass is 16.5. The molecule has 0 saturated carbocycles. The molecule has 0 aliphatic carbocycles. The average molecular weight is 397 g/mol. The van der Waals surface area contributed by atoms with Crippen LogP contribution < -0.4 is 20.3 Å². The van der Waals surface area contributed by atoms with E-state index in [0.29, 0.717) is 13.1 Å². The van der Waals surface area contributed by atoms with E-state index < -0.39 is 0 Å². The number of pyridine rings is 1. The molecular formula is C22H32N6O. The van der Waals surface area contributed by atoms with Gasteiger partial charge in [-0.15, -0.1) is 0 Å². The van der Waals surface area contributed by atoms with Crippen LogP contribution in [0.3, 0.4) is 0 Å². The van der Waals surface area contributed by atoms with E-state index in [-0.39, 0.29) is 0 Å². The highest BCUT2D eigenvalue weighted by Gasteiger charge is 2.18.